The summed E-state index contributed by atoms with van der Waals surface area (Å²) < 4.78 is 0. The Morgan fingerprint density at radius 1 is 1.38 bits per heavy atom. The van der Waals surface area contributed by atoms with Crippen molar-refractivity contribution in [3.63, 3.8) is 0 Å². The van der Waals surface area contributed by atoms with Crippen LogP contribution >= 0.6 is 11.8 Å². The van der Waals surface area contributed by atoms with Crippen LogP contribution in [0.25, 0.3) is 0 Å². The lowest BCUT2D eigenvalue weighted by Gasteiger charge is -2.14. The molecule has 13 heavy (non-hydrogen) atoms. The highest BCUT2D eigenvalue weighted by molar-refractivity contribution is 7.99. The van der Waals surface area contributed by atoms with Crippen LogP contribution in [-0.2, 0) is 0 Å². The van der Waals surface area contributed by atoms with Crippen LogP contribution in [0, 0.1) is 5.92 Å². The summed E-state index contributed by atoms with van der Waals surface area (Å²) in [7, 11) is 0. The maximum absolute atomic E-state index is 8.99. The zero-order valence-electron chi connectivity index (χ0n) is 9.05. The molecule has 2 nitrogen and oxygen atoms in total. The van der Waals surface area contributed by atoms with E-state index in [9.17, 15) is 0 Å². The first kappa shape index (κ1) is 13.3. The minimum absolute atomic E-state index is 0.260. The van der Waals surface area contributed by atoms with E-state index in [1.165, 1.54) is 5.75 Å². The molecular formula is C10H23NOS. The summed E-state index contributed by atoms with van der Waals surface area (Å²) in [6.45, 7) is 7.75. The van der Waals surface area contributed by atoms with E-state index >= 15 is 0 Å². The Kier molecular flexibility index (Phi) is 9.03. The fourth-order valence-corrected chi connectivity index (χ4v) is 2.18. The van der Waals surface area contributed by atoms with Gasteiger partial charge in [-0.1, -0.05) is 20.8 Å². The maximum atomic E-state index is 8.99. The van der Waals surface area contributed by atoms with Crippen LogP contribution in [-0.4, -0.2) is 35.8 Å². The molecule has 0 aliphatic rings. The van der Waals surface area contributed by atoms with Gasteiger partial charge in [0.05, 0.1) is 6.61 Å². The Morgan fingerprint density at radius 3 is 2.54 bits per heavy atom. The summed E-state index contributed by atoms with van der Waals surface area (Å²) in [4.78, 5) is 0. The number of aliphatic hydroxyl groups excluding tert-OH is 1. The van der Waals surface area contributed by atoms with Crippen molar-refractivity contribution >= 4 is 11.8 Å². The summed E-state index contributed by atoms with van der Waals surface area (Å²) in [6, 6.07) is 0.296. The van der Waals surface area contributed by atoms with Crippen LogP contribution in [0.5, 0.6) is 0 Å². The molecule has 3 heteroatoms. The Balaban J connectivity index is 3.27. The zero-order chi connectivity index (χ0) is 10.1. The molecule has 0 rings (SSSR count). The highest BCUT2D eigenvalue weighted by atomic mass is 32.2. The van der Waals surface area contributed by atoms with Gasteiger partial charge in [-0.15, -0.1) is 0 Å². The molecule has 1 atom stereocenters. The molecule has 0 aromatic carbocycles. The van der Waals surface area contributed by atoms with Gasteiger partial charge in [0, 0.05) is 6.04 Å². The van der Waals surface area contributed by atoms with E-state index in [4.69, 9.17) is 5.11 Å². The number of thioether (sulfide) groups is 1. The lowest BCUT2D eigenvalue weighted by Crippen LogP contribution is -2.32. The Morgan fingerprint density at radius 2 is 2.08 bits per heavy atom. The van der Waals surface area contributed by atoms with Crippen molar-refractivity contribution in [2.75, 3.05) is 24.7 Å². The minimum Gasteiger partial charge on any atom is -0.395 e. The average Bonchev–Trinajstić information content (AvgIpc) is 2.10. The van der Waals surface area contributed by atoms with Gasteiger partial charge in [0.1, 0.15) is 0 Å². The molecule has 0 aliphatic carbocycles. The number of rotatable bonds is 8. The van der Waals surface area contributed by atoms with Crippen LogP contribution in [0.15, 0.2) is 0 Å². The molecule has 0 fully saturated rings. The van der Waals surface area contributed by atoms with Crippen molar-refractivity contribution in [3.8, 4) is 0 Å². The third-order valence-corrected chi connectivity index (χ3v) is 3.20. The summed E-state index contributed by atoms with van der Waals surface area (Å²) in [5, 5.41) is 12.3. The van der Waals surface area contributed by atoms with Gasteiger partial charge in [0.15, 0.2) is 0 Å². The number of hydrogen-bond acceptors (Lipinski definition) is 3. The molecule has 0 aromatic heterocycles. The highest BCUT2D eigenvalue weighted by Gasteiger charge is 2.04. The van der Waals surface area contributed by atoms with Gasteiger partial charge in [-0.05, 0) is 30.4 Å². The second-order valence-electron chi connectivity index (χ2n) is 3.69. The summed E-state index contributed by atoms with van der Waals surface area (Å²) >= 11 is 1.98. The molecular weight excluding hydrogens is 182 g/mol. The number of aliphatic hydroxyl groups is 1. The van der Waals surface area contributed by atoms with E-state index in [-0.39, 0.29) is 6.61 Å². The van der Waals surface area contributed by atoms with Gasteiger partial charge in [-0.25, -0.2) is 0 Å². The summed E-state index contributed by atoms with van der Waals surface area (Å²) in [6.07, 6.45) is 1.07. The van der Waals surface area contributed by atoms with Crippen molar-refractivity contribution in [1.29, 1.82) is 0 Å². The van der Waals surface area contributed by atoms with Gasteiger partial charge in [0.2, 0.25) is 0 Å². The molecule has 2 N–H and O–H groups in total. The topological polar surface area (TPSA) is 32.3 Å². The number of nitrogens with one attached hydrogen (secondary N) is 1. The van der Waals surface area contributed by atoms with Gasteiger partial charge in [0.25, 0.3) is 0 Å². The third kappa shape index (κ3) is 8.60. The quantitative estimate of drug-likeness (QED) is 0.592. The smallest absolute Gasteiger partial charge is 0.0584 e. The van der Waals surface area contributed by atoms with Crippen molar-refractivity contribution in [2.45, 2.75) is 33.2 Å². The monoisotopic (exact) mass is 205 g/mol. The Hall–Kier alpha value is 0.270. The molecule has 0 saturated heterocycles. The van der Waals surface area contributed by atoms with Crippen LogP contribution in [0.4, 0.5) is 0 Å². The molecule has 80 valence electrons. The maximum Gasteiger partial charge on any atom is 0.0584 e. The van der Waals surface area contributed by atoms with Crippen LogP contribution in [0.2, 0.25) is 0 Å². The van der Waals surface area contributed by atoms with Gasteiger partial charge in [-0.3, -0.25) is 0 Å². The molecule has 0 bridgehead atoms. The molecule has 0 radical (unpaired) electrons. The van der Waals surface area contributed by atoms with Crippen molar-refractivity contribution < 1.29 is 5.11 Å². The van der Waals surface area contributed by atoms with E-state index in [1.807, 2.05) is 11.8 Å². The molecule has 0 aliphatic heterocycles. The summed E-state index contributed by atoms with van der Waals surface area (Å²) in [5.74, 6) is 3.15. The number of likely N-dealkylation sites (N-methyl/N-ethyl adjacent to an activating group) is 1. The zero-order valence-corrected chi connectivity index (χ0v) is 9.86. The van der Waals surface area contributed by atoms with Crippen molar-refractivity contribution in [2.24, 2.45) is 5.92 Å². The third-order valence-electron chi connectivity index (χ3n) is 1.78. The largest absolute Gasteiger partial charge is 0.395 e. The Bertz CT molecular complexity index is 109. The normalized spacial score (nSPS) is 13.6. The minimum atomic E-state index is 0.260. The first-order chi connectivity index (χ1) is 6.20. The van der Waals surface area contributed by atoms with Gasteiger partial charge < -0.3 is 10.4 Å². The van der Waals surface area contributed by atoms with Crippen LogP contribution < -0.4 is 5.32 Å². The van der Waals surface area contributed by atoms with E-state index in [0.29, 0.717) is 6.04 Å². The van der Waals surface area contributed by atoms with E-state index in [2.05, 4.69) is 26.1 Å². The standard InChI is InChI=1S/C10H23NOS/c1-4-11-10(7-12)5-6-13-8-9(2)3/h9-12H,4-8H2,1-3H3. The first-order valence-electron chi connectivity index (χ1n) is 5.12. The summed E-state index contributed by atoms with van der Waals surface area (Å²) in [5.41, 5.74) is 0. The van der Waals surface area contributed by atoms with E-state index in [1.54, 1.807) is 0 Å². The Labute approximate surface area is 86.5 Å². The van der Waals surface area contributed by atoms with Crippen molar-refractivity contribution in [1.82, 2.24) is 5.32 Å². The molecule has 1 unspecified atom stereocenters. The predicted octanol–water partition coefficient (Wildman–Crippen LogP) is 1.74. The van der Waals surface area contributed by atoms with Crippen LogP contribution in [0.3, 0.4) is 0 Å². The lowest BCUT2D eigenvalue weighted by molar-refractivity contribution is 0.242. The van der Waals surface area contributed by atoms with Gasteiger partial charge >= 0.3 is 0 Å². The molecule has 0 spiro atoms. The second kappa shape index (κ2) is 8.85. The van der Waals surface area contributed by atoms with E-state index in [0.717, 1.165) is 24.6 Å². The van der Waals surface area contributed by atoms with Crippen molar-refractivity contribution in [3.05, 3.63) is 0 Å². The fraction of sp³-hybridized carbons (Fsp3) is 1.00. The SMILES string of the molecule is CCNC(CO)CCSCC(C)C. The van der Waals surface area contributed by atoms with Gasteiger partial charge in [-0.2, -0.15) is 11.8 Å². The first-order valence-corrected chi connectivity index (χ1v) is 6.28. The molecule has 0 heterocycles. The van der Waals surface area contributed by atoms with Crippen LogP contribution in [0.1, 0.15) is 27.2 Å². The fourth-order valence-electron chi connectivity index (χ4n) is 1.09. The molecule has 0 aromatic rings. The predicted molar refractivity (Wildman–Crippen MR) is 61.3 cm³/mol. The molecule has 0 saturated carbocycles. The highest BCUT2D eigenvalue weighted by Crippen LogP contribution is 2.09. The lowest BCUT2D eigenvalue weighted by atomic mass is 10.2. The number of hydrogen-bond donors (Lipinski definition) is 2. The molecule has 0 amide bonds. The average molecular weight is 205 g/mol. The van der Waals surface area contributed by atoms with E-state index < -0.39 is 0 Å². The second-order valence-corrected chi connectivity index (χ2v) is 4.84.